The number of primary amides is 1. The average Bonchev–Trinajstić information content (AvgIpc) is 2.74. The number of carbonyl (C=O) groups excluding carboxylic acids is 2. The number of carbonyl (C=O) groups is 2. The summed E-state index contributed by atoms with van der Waals surface area (Å²) in [7, 11) is 0. The molecule has 2 heterocycles. The van der Waals surface area contributed by atoms with Gasteiger partial charge in [-0.2, -0.15) is 0 Å². The van der Waals surface area contributed by atoms with Crippen LogP contribution in [0.5, 0.6) is 0 Å². The van der Waals surface area contributed by atoms with Gasteiger partial charge in [0.05, 0.1) is 6.26 Å². The SMILES string of the molecule is Cc1ccoc1C(=O)N1CCNCC1C(N)=O. The molecule has 1 unspecified atom stereocenters. The van der Waals surface area contributed by atoms with Crippen molar-refractivity contribution < 1.29 is 14.0 Å². The number of hydrogen-bond donors (Lipinski definition) is 2. The first-order chi connectivity index (χ1) is 8.11. The molecule has 92 valence electrons. The summed E-state index contributed by atoms with van der Waals surface area (Å²) < 4.78 is 5.14. The van der Waals surface area contributed by atoms with Gasteiger partial charge in [-0.25, -0.2) is 0 Å². The first-order valence-corrected chi connectivity index (χ1v) is 5.46. The van der Waals surface area contributed by atoms with Crippen LogP contribution >= 0.6 is 0 Å². The van der Waals surface area contributed by atoms with E-state index in [1.165, 1.54) is 11.2 Å². The minimum absolute atomic E-state index is 0.276. The van der Waals surface area contributed by atoms with Gasteiger partial charge in [0.25, 0.3) is 5.91 Å². The number of aryl methyl sites for hydroxylation is 1. The number of nitrogens with one attached hydrogen (secondary N) is 1. The summed E-state index contributed by atoms with van der Waals surface area (Å²) in [5.41, 5.74) is 6.04. The number of piperazine rings is 1. The fourth-order valence-electron chi connectivity index (χ4n) is 1.92. The van der Waals surface area contributed by atoms with Gasteiger partial charge in [-0.05, 0) is 13.0 Å². The Morgan fingerprint density at radius 2 is 2.35 bits per heavy atom. The van der Waals surface area contributed by atoms with Crippen molar-refractivity contribution in [3.8, 4) is 0 Å². The van der Waals surface area contributed by atoms with E-state index in [0.29, 0.717) is 19.6 Å². The molecule has 2 amide bonds. The van der Waals surface area contributed by atoms with Gasteiger partial charge in [0.2, 0.25) is 5.91 Å². The van der Waals surface area contributed by atoms with Crippen LogP contribution in [0.25, 0.3) is 0 Å². The Morgan fingerprint density at radius 1 is 1.59 bits per heavy atom. The molecular weight excluding hydrogens is 222 g/mol. The van der Waals surface area contributed by atoms with Crippen LogP contribution in [-0.2, 0) is 4.79 Å². The molecule has 0 radical (unpaired) electrons. The molecule has 1 atom stereocenters. The molecule has 0 bridgehead atoms. The van der Waals surface area contributed by atoms with E-state index < -0.39 is 11.9 Å². The normalized spacial score (nSPS) is 20.3. The van der Waals surface area contributed by atoms with E-state index in [-0.39, 0.29) is 11.7 Å². The Balaban J connectivity index is 2.23. The van der Waals surface area contributed by atoms with Crippen LogP contribution in [0.1, 0.15) is 16.1 Å². The Bertz CT molecular complexity index is 441. The number of nitrogens with two attached hydrogens (primary N) is 1. The van der Waals surface area contributed by atoms with Crippen molar-refractivity contribution >= 4 is 11.8 Å². The lowest BCUT2D eigenvalue weighted by Gasteiger charge is -2.33. The van der Waals surface area contributed by atoms with Crippen LogP contribution in [0.15, 0.2) is 16.7 Å². The predicted molar refractivity (Wildman–Crippen MR) is 60.3 cm³/mol. The predicted octanol–water partition coefficient (Wildman–Crippen LogP) is -0.513. The highest BCUT2D eigenvalue weighted by Gasteiger charge is 2.32. The molecule has 1 fully saturated rings. The van der Waals surface area contributed by atoms with Crippen molar-refractivity contribution in [3.05, 3.63) is 23.7 Å². The molecule has 3 N–H and O–H groups in total. The summed E-state index contributed by atoms with van der Waals surface area (Å²) in [5.74, 6) is -0.509. The smallest absolute Gasteiger partial charge is 0.290 e. The number of amides is 2. The second kappa shape index (κ2) is 4.58. The first-order valence-electron chi connectivity index (χ1n) is 5.46. The number of rotatable bonds is 2. The fourth-order valence-corrected chi connectivity index (χ4v) is 1.92. The quantitative estimate of drug-likeness (QED) is 0.725. The third kappa shape index (κ3) is 2.16. The lowest BCUT2D eigenvalue weighted by molar-refractivity contribution is -0.122. The van der Waals surface area contributed by atoms with E-state index in [4.69, 9.17) is 10.2 Å². The maximum Gasteiger partial charge on any atom is 0.290 e. The van der Waals surface area contributed by atoms with Gasteiger partial charge in [0.1, 0.15) is 6.04 Å². The molecule has 1 aliphatic heterocycles. The maximum atomic E-state index is 12.2. The summed E-state index contributed by atoms with van der Waals surface area (Å²) in [4.78, 5) is 24.9. The van der Waals surface area contributed by atoms with Crippen molar-refractivity contribution in [2.24, 2.45) is 5.73 Å². The first kappa shape index (κ1) is 11.7. The molecule has 0 aliphatic carbocycles. The second-order valence-electron chi connectivity index (χ2n) is 4.05. The zero-order chi connectivity index (χ0) is 12.4. The van der Waals surface area contributed by atoms with Crippen LogP contribution in [-0.4, -0.2) is 42.4 Å². The van der Waals surface area contributed by atoms with E-state index in [1.54, 1.807) is 13.0 Å². The van der Waals surface area contributed by atoms with E-state index in [1.807, 2.05) is 0 Å². The second-order valence-corrected chi connectivity index (χ2v) is 4.05. The third-order valence-corrected chi connectivity index (χ3v) is 2.89. The van der Waals surface area contributed by atoms with E-state index in [9.17, 15) is 9.59 Å². The van der Waals surface area contributed by atoms with Gasteiger partial charge in [-0.3, -0.25) is 9.59 Å². The molecular formula is C11H15N3O3. The number of furan rings is 1. The van der Waals surface area contributed by atoms with Crippen LogP contribution in [0.3, 0.4) is 0 Å². The lowest BCUT2D eigenvalue weighted by Crippen LogP contribution is -2.58. The summed E-state index contributed by atoms with van der Waals surface area (Å²) in [6, 6.07) is 1.11. The molecule has 1 aromatic rings. The number of hydrogen-bond acceptors (Lipinski definition) is 4. The van der Waals surface area contributed by atoms with E-state index in [0.717, 1.165) is 5.56 Å². The zero-order valence-electron chi connectivity index (χ0n) is 9.60. The molecule has 6 heteroatoms. The Morgan fingerprint density at radius 3 is 2.94 bits per heavy atom. The number of nitrogens with zero attached hydrogens (tertiary/aromatic N) is 1. The molecule has 1 saturated heterocycles. The molecule has 1 aromatic heterocycles. The molecule has 17 heavy (non-hydrogen) atoms. The van der Waals surface area contributed by atoms with Gasteiger partial charge in [0.15, 0.2) is 5.76 Å². The van der Waals surface area contributed by atoms with Gasteiger partial charge < -0.3 is 20.4 Å². The van der Waals surface area contributed by atoms with Crippen LogP contribution in [0.2, 0.25) is 0 Å². The Kier molecular flexibility index (Phi) is 3.14. The minimum Gasteiger partial charge on any atom is -0.459 e. The molecule has 2 rings (SSSR count). The summed E-state index contributed by atoms with van der Waals surface area (Å²) in [6.45, 7) is 3.28. The Hall–Kier alpha value is -1.82. The third-order valence-electron chi connectivity index (χ3n) is 2.89. The van der Waals surface area contributed by atoms with Gasteiger partial charge in [-0.15, -0.1) is 0 Å². The van der Waals surface area contributed by atoms with E-state index >= 15 is 0 Å². The highest BCUT2D eigenvalue weighted by Crippen LogP contribution is 2.15. The highest BCUT2D eigenvalue weighted by molar-refractivity contribution is 5.96. The van der Waals surface area contributed by atoms with Gasteiger partial charge >= 0.3 is 0 Å². The van der Waals surface area contributed by atoms with Crippen molar-refractivity contribution in [1.82, 2.24) is 10.2 Å². The molecule has 0 spiro atoms. The van der Waals surface area contributed by atoms with Crippen molar-refractivity contribution in [2.45, 2.75) is 13.0 Å². The van der Waals surface area contributed by atoms with E-state index in [2.05, 4.69) is 5.32 Å². The maximum absolute atomic E-state index is 12.2. The van der Waals surface area contributed by atoms with Crippen molar-refractivity contribution in [3.63, 3.8) is 0 Å². The average molecular weight is 237 g/mol. The lowest BCUT2D eigenvalue weighted by atomic mass is 10.1. The molecule has 0 aromatic carbocycles. The van der Waals surface area contributed by atoms with Crippen molar-refractivity contribution in [2.75, 3.05) is 19.6 Å². The zero-order valence-corrected chi connectivity index (χ0v) is 9.60. The molecule has 6 nitrogen and oxygen atoms in total. The van der Waals surface area contributed by atoms with Crippen LogP contribution in [0.4, 0.5) is 0 Å². The Labute approximate surface area is 98.7 Å². The van der Waals surface area contributed by atoms with Gasteiger partial charge in [0, 0.05) is 25.2 Å². The molecule has 0 saturated carbocycles. The summed E-state index contributed by atoms with van der Waals surface area (Å²) in [5, 5.41) is 3.04. The summed E-state index contributed by atoms with van der Waals surface area (Å²) in [6.07, 6.45) is 1.46. The van der Waals surface area contributed by atoms with Gasteiger partial charge in [-0.1, -0.05) is 0 Å². The minimum atomic E-state index is -0.610. The standard InChI is InChI=1S/C11H15N3O3/c1-7-2-5-17-9(7)11(16)14-4-3-13-6-8(14)10(12)15/h2,5,8,13H,3-4,6H2,1H3,(H2,12,15). The van der Waals surface area contributed by atoms with Crippen LogP contribution < -0.4 is 11.1 Å². The topological polar surface area (TPSA) is 88.6 Å². The fraction of sp³-hybridized carbons (Fsp3) is 0.455. The highest BCUT2D eigenvalue weighted by atomic mass is 16.3. The summed E-state index contributed by atoms with van der Waals surface area (Å²) >= 11 is 0. The largest absolute Gasteiger partial charge is 0.459 e. The molecule has 1 aliphatic rings. The van der Waals surface area contributed by atoms with Crippen LogP contribution in [0, 0.1) is 6.92 Å². The monoisotopic (exact) mass is 237 g/mol. The van der Waals surface area contributed by atoms with Crippen molar-refractivity contribution in [1.29, 1.82) is 0 Å².